The summed E-state index contributed by atoms with van der Waals surface area (Å²) in [4.78, 5) is 10.9. The third kappa shape index (κ3) is 3.34. The second-order valence-corrected chi connectivity index (χ2v) is 5.85. The van der Waals surface area contributed by atoms with Crippen LogP contribution >= 0.6 is 11.6 Å². The highest BCUT2D eigenvalue weighted by atomic mass is 35.5. The van der Waals surface area contributed by atoms with Crippen molar-refractivity contribution in [1.82, 2.24) is 4.72 Å². The molecule has 0 atom stereocenters. The molecule has 1 saturated carbocycles. The van der Waals surface area contributed by atoms with Crippen LogP contribution in [-0.4, -0.2) is 25.5 Å². The maximum atomic E-state index is 11.6. The summed E-state index contributed by atoms with van der Waals surface area (Å²) >= 11 is 5.68. The number of halogens is 1. The zero-order valence-corrected chi connectivity index (χ0v) is 10.8. The van der Waals surface area contributed by atoms with Gasteiger partial charge < -0.3 is 5.11 Å². The molecule has 3 N–H and O–H groups in total. The third-order valence-electron chi connectivity index (χ3n) is 2.35. The molecule has 0 heterocycles. The minimum Gasteiger partial charge on any atom is -0.478 e. The molecule has 8 heteroatoms. The average molecular weight is 291 g/mol. The molecule has 1 fully saturated rings. The van der Waals surface area contributed by atoms with Gasteiger partial charge in [-0.1, -0.05) is 11.6 Å². The Balaban J connectivity index is 2.18. The Morgan fingerprint density at radius 3 is 2.61 bits per heavy atom. The molecule has 1 aromatic rings. The molecule has 0 bridgehead atoms. The topological polar surface area (TPSA) is 95.5 Å². The van der Waals surface area contributed by atoms with E-state index in [1.54, 1.807) is 0 Å². The van der Waals surface area contributed by atoms with Crippen LogP contribution in [0.3, 0.4) is 0 Å². The number of rotatable bonds is 5. The molecule has 2 rings (SSSR count). The van der Waals surface area contributed by atoms with Gasteiger partial charge in [0.1, 0.15) is 0 Å². The molecule has 18 heavy (non-hydrogen) atoms. The van der Waals surface area contributed by atoms with Crippen LogP contribution in [0.25, 0.3) is 0 Å². The molecule has 1 aliphatic carbocycles. The second-order valence-electron chi connectivity index (χ2n) is 4.00. The Bertz CT molecular complexity index is 584. The molecule has 0 radical (unpaired) electrons. The first-order chi connectivity index (χ1) is 8.37. The maximum absolute atomic E-state index is 11.6. The summed E-state index contributed by atoms with van der Waals surface area (Å²) in [6, 6.07) is 3.89. The van der Waals surface area contributed by atoms with Crippen LogP contribution in [0, 0.1) is 0 Å². The van der Waals surface area contributed by atoms with Gasteiger partial charge in [0.2, 0.25) is 0 Å². The van der Waals surface area contributed by atoms with E-state index in [-0.39, 0.29) is 22.3 Å². The molecular formula is C10H11ClN2O4S. The molecule has 0 amide bonds. The van der Waals surface area contributed by atoms with Gasteiger partial charge in [-0.3, -0.25) is 4.72 Å². The number of anilines is 1. The Kier molecular flexibility index (Phi) is 3.47. The average Bonchev–Trinajstić information content (AvgIpc) is 3.03. The summed E-state index contributed by atoms with van der Waals surface area (Å²) in [6.07, 6.45) is 1.64. The van der Waals surface area contributed by atoms with Crippen molar-refractivity contribution >= 4 is 33.5 Å². The van der Waals surface area contributed by atoms with Crippen LogP contribution in [0.2, 0.25) is 5.02 Å². The van der Waals surface area contributed by atoms with E-state index in [1.807, 2.05) is 0 Å². The van der Waals surface area contributed by atoms with Crippen LogP contribution in [0.5, 0.6) is 0 Å². The Morgan fingerprint density at radius 2 is 2.06 bits per heavy atom. The van der Waals surface area contributed by atoms with Gasteiger partial charge in [-0.15, -0.1) is 0 Å². The molecule has 1 aromatic carbocycles. The standard InChI is InChI=1S/C10H11ClN2O4S/c11-9-4-3-7(5-8(9)10(14)15)13-18(16,17)12-6-1-2-6/h3-6,12-13H,1-2H2,(H,14,15). The van der Waals surface area contributed by atoms with Crippen LogP contribution in [0.4, 0.5) is 5.69 Å². The minimum atomic E-state index is -3.66. The zero-order valence-electron chi connectivity index (χ0n) is 9.18. The molecule has 0 aromatic heterocycles. The lowest BCUT2D eigenvalue weighted by Gasteiger charge is -2.09. The predicted molar refractivity (Wildman–Crippen MR) is 67.1 cm³/mol. The first-order valence-electron chi connectivity index (χ1n) is 5.20. The maximum Gasteiger partial charge on any atom is 0.337 e. The van der Waals surface area contributed by atoms with Crippen molar-refractivity contribution in [2.45, 2.75) is 18.9 Å². The van der Waals surface area contributed by atoms with Crippen molar-refractivity contribution in [3.63, 3.8) is 0 Å². The Hall–Kier alpha value is -1.31. The SMILES string of the molecule is O=C(O)c1cc(NS(=O)(=O)NC2CC2)ccc1Cl. The van der Waals surface area contributed by atoms with Crippen molar-refractivity contribution in [2.24, 2.45) is 0 Å². The lowest BCUT2D eigenvalue weighted by atomic mass is 10.2. The summed E-state index contributed by atoms with van der Waals surface area (Å²) < 4.78 is 27.9. The highest BCUT2D eigenvalue weighted by Crippen LogP contribution is 2.23. The van der Waals surface area contributed by atoms with Gasteiger partial charge in [0.05, 0.1) is 16.3 Å². The molecule has 0 saturated heterocycles. The fourth-order valence-corrected chi connectivity index (χ4v) is 2.73. The number of benzene rings is 1. The van der Waals surface area contributed by atoms with E-state index < -0.39 is 16.2 Å². The van der Waals surface area contributed by atoms with E-state index in [9.17, 15) is 13.2 Å². The summed E-state index contributed by atoms with van der Waals surface area (Å²) in [5, 5.41) is 8.92. The van der Waals surface area contributed by atoms with E-state index in [4.69, 9.17) is 16.7 Å². The number of hydrogen-bond acceptors (Lipinski definition) is 3. The van der Waals surface area contributed by atoms with Crippen molar-refractivity contribution in [3.8, 4) is 0 Å². The van der Waals surface area contributed by atoms with E-state index in [2.05, 4.69) is 9.44 Å². The molecule has 1 aliphatic rings. The Labute approximate surface area is 109 Å². The summed E-state index contributed by atoms with van der Waals surface area (Å²) in [7, 11) is -3.66. The number of carbonyl (C=O) groups is 1. The van der Waals surface area contributed by atoms with Crippen molar-refractivity contribution in [2.75, 3.05) is 4.72 Å². The van der Waals surface area contributed by atoms with Crippen molar-refractivity contribution in [1.29, 1.82) is 0 Å². The fraction of sp³-hybridized carbons (Fsp3) is 0.300. The minimum absolute atomic E-state index is 0.0197. The van der Waals surface area contributed by atoms with E-state index in [1.165, 1.54) is 18.2 Å². The quantitative estimate of drug-likeness (QED) is 0.765. The van der Waals surface area contributed by atoms with Crippen LogP contribution in [0.1, 0.15) is 23.2 Å². The van der Waals surface area contributed by atoms with Gasteiger partial charge in [0.15, 0.2) is 0 Å². The van der Waals surface area contributed by atoms with E-state index >= 15 is 0 Å². The molecule has 98 valence electrons. The summed E-state index contributed by atoms with van der Waals surface area (Å²) in [5.41, 5.74) is 0.00763. The zero-order chi connectivity index (χ0) is 13.3. The Morgan fingerprint density at radius 1 is 1.39 bits per heavy atom. The number of nitrogens with one attached hydrogen (secondary N) is 2. The number of carboxylic acids is 1. The largest absolute Gasteiger partial charge is 0.478 e. The summed E-state index contributed by atoms with van der Waals surface area (Å²) in [5.74, 6) is -1.21. The smallest absolute Gasteiger partial charge is 0.337 e. The monoisotopic (exact) mass is 290 g/mol. The first kappa shape index (κ1) is 13.1. The van der Waals surface area contributed by atoms with Crippen LogP contribution in [-0.2, 0) is 10.2 Å². The van der Waals surface area contributed by atoms with Crippen LogP contribution < -0.4 is 9.44 Å². The number of carboxylic acid groups (broad SMARTS) is 1. The van der Waals surface area contributed by atoms with Gasteiger partial charge in [-0.25, -0.2) is 4.79 Å². The predicted octanol–water partition coefficient (Wildman–Crippen LogP) is 1.45. The van der Waals surface area contributed by atoms with E-state index in [0.717, 1.165) is 12.8 Å². The molecule has 0 spiro atoms. The van der Waals surface area contributed by atoms with E-state index in [0.29, 0.717) is 0 Å². The second kappa shape index (κ2) is 4.75. The third-order valence-corrected chi connectivity index (χ3v) is 3.83. The molecule has 6 nitrogen and oxygen atoms in total. The number of aromatic carboxylic acids is 1. The lowest BCUT2D eigenvalue weighted by Crippen LogP contribution is -2.31. The number of hydrogen-bond donors (Lipinski definition) is 3. The van der Waals surface area contributed by atoms with Crippen LogP contribution in [0.15, 0.2) is 18.2 Å². The molecule has 0 aliphatic heterocycles. The molecular weight excluding hydrogens is 280 g/mol. The normalized spacial score (nSPS) is 15.4. The van der Waals surface area contributed by atoms with Gasteiger partial charge in [0.25, 0.3) is 10.2 Å². The van der Waals surface area contributed by atoms with Gasteiger partial charge in [-0.2, -0.15) is 13.1 Å². The van der Waals surface area contributed by atoms with Crippen molar-refractivity contribution < 1.29 is 18.3 Å². The highest BCUT2D eigenvalue weighted by Gasteiger charge is 2.27. The van der Waals surface area contributed by atoms with Gasteiger partial charge >= 0.3 is 5.97 Å². The van der Waals surface area contributed by atoms with Gasteiger partial charge in [-0.05, 0) is 31.0 Å². The van der Waals surface area contributed by atoms with Gasteiger partial charge in [0, 0.05) is 6.04 Å². The lowest BCUT2D eigenvalue weighted by molar-refractivity contribution is 0.0697. The highest BCUT2D eigenvalue weighted by molar-refractivity contribution is 7.90. The fourth-order valence-electron chi connectivity index (χ4n) is 1.36. The summed E-state index contributed by atoms with van der Waals surface area (Å²) in [6.45, 7) is 0. The first-order valence-corrected chi connectivity index (χ1v) is 7.06. The van der Waals surface area contributed by atoms with Crippen molar-refractivity contribution in [3.05, 3.63) is 28.8 Å². The molecule has 0 unspecified atom stereocenters.